The topological polar surface area (TPSA) is 65.6 Å². The molecule has 0 saturated heterocycles. The van der Waals surface area contributed by atoms with Crippen LogP contribution in [0, 0.1) is 11.3 Å². The van der Waals surface area contributed by atoms with Gasteiger partial charge >= 0.3 is 0 Å². The van der Waals surface area contributed by atoms with Crippen LogP contribution in [-0.4, -0.2) is 4.98 Å². The molecule has 0 saturated carbocycles. The summed E-state index contributed by atoms with van der Waals surface area (Å²) in [6, 6.07) is 3.67. The van der Waals surface area contributed by atoms with Gasteiger partial charge in [0.25, 0.3) is 0 Å². The zero-order valence-electron chi connectivity index (χ0n) is 5.76. The van der Waals surface area contributed by atoms with E-state index in [1.165, 1.54) is 0 Å². The van der Waals surface area contributed by atoms with Crippen LogP contribution in [0.15, 0.2) is 12.3 Å². The maximum absolute atomic E-state index is 8.53. The van der Waals surface area contributed by atoms with Gasteiger partial charge < -0.3 is 10.7 Å². The predicted octanol–water partition coefficient (Wildman–Crippen LogP) is 0.906. The number of rotatable bonds is 1. The zero-order chi connectivity index (χ0) is 7.56. The zero-order valence-corrected chi connectivity index (χ0v) is 5.76. The number of hydrogen-bond acceptors (Lipinski definition) is 2. The normalized spacial score (nSPS) is 12.5. The van der Waals surface area contributed by atoms with Gasteiger partial charge in [-0.2, -0.15) is 5.26 Å². The van der Waals surface area contributed by atoms with Crippen molar-refractivity contribution in [3.8, 4) is 6.07 Å². The van der Waals surface area contributed by atoms with E-state index in [0.29, 0.717) is 5.56 Å². The molecule has 0 unspecified atom stereocenters. The van der Waals surface area contributed by atoms with E-state index in [4.69, 9.17) is 11.0 Å². The van der Waals surface area contributed by atoms with Crippen molar-refractivity contribution in [2.75, 3.05) is 0 Å². The van der Waals surface area contributed by atoms with Crippen molar-refractivity contribution >= 4 is 0 Å². The average Bonchev–Trinajstić information content (AvgIpc) is 2.33. The smallest absolute Gasteiger partial charge is 0.101 e. The molecule has 0 aliphatic rings. The van der Waals surface area contributed by atoms with E-state index in [9.17, 15) is 0 Å². The lowest BCUT2D eigenvalue weighted by Crippen LogP contribution is -2.06. The highest BCUT2D eigenvalue weighted by molar-refractivity contribution is 5.34. The van der Waals surface area contributed by atoms with Crippen molar-refractivity contribution in [1.82, 2.24) is 4.98 Å². The molecule has 0 fully saturated rings. The molecule has 52 valence electrons. The van der Waals surface area contributed by atoms with E-state index in [1.54, 1.807) is 12.3 Å². The molecule has 0 bridgehead atoms. The fraction of sp³-hybridized carbons (Fsp3) is 0.286. The molecule has 1 rings (SSSR count). The third-order valence-corrected chi connectivity index (χ3v) is 1.35. The summed E-state index contributed by atoms with van der Waals surface area (Å²) in [4.78, 5) is 2.91. The molecule has 0 aromatic carbocycles. The summed E-state index contributed by atoms with van der Waals surface area (Å²) >= 11 is 0. The molecule has 3 N–H and O–H groups in total. The van der Waals surface area contributed by atoms with Gasteiger partial charge in [-0.15, -0.1) is 0 Å². The van der Waals surface area contributed by atoms with Crippen molar-refractivity contribution < 1.29 is 0 Å². The van der Waals surface area contributed by atoms with Gasteiger partial charge in [-0.3, -0.25) is 0 Å². The van der Waals surface area contributed by atoms with Crippen LogP contribution < -0.4 is 5.73 Å². The molecule has 1 atom stereocenters. The molecule has 0 radical (unpaired) electrons. The monoisotopic (exact) mass is 135 g/mol. The second-order valence-corrected chi connectivity index (χ2v) is 2.21. The third kappa shape index (κ3) is 1.02. The molecule has 10 heavy (non-hydrogen) atoms. The van der Waals surface area contributed by atoms with Crippen molar-refractivity contribution in [3.63, 3.8) is 0 Å². The molecule has 0 spiro atoms. The average molecular weight is 135 g/mol. The molecule has 1 aromatic rings. The van der Waals surface area contributed by atoms with Gasteiger partial charge in [-0.05, 0) is 13.0 Å². The van der Waals surface area contributed by atoms with Crippen LogP contribution in [0.1, 0.15) is 24.2 Å². The summed E-state index contributed by atoms with van der Waals surface area (Å²) < 4.78 is 0. The van der Waals surface area contributed by atoms with E-state index < -0.39 is 0 Å². The summed E-state index contributed by atoms with van der Waals surface area (Å²) in [6.45, 7) is 1.84. The van der Waals surface area contributed by atoms with Crippen LogP contribution in [0.4, 0.5) is 0 Å². The molecular formula is C7H9N3. The maximum atomic E-state index is 8.53. The van der Waals surface area contributed by atoms with Crippen molar-refractivity contribution in [2.24, 2.45) is 5.73 Å². The number of H-pyrrole nitrogens is 1. The van der Waals surface area contributed by atoms with E-state index >= 15 is 0 Å². The lowest BCUT2D eigenvalue weighted by atomic mass is 10.2. The van der Waals surface area contributed by atoms with Gasteiger partial charge in [0.15, 0.2) is 0 Å². The van der Waals surface area contributed by atoms with Crippen molar-refractivity contribution in [3.05, 3.63) is 23.5 Å². The van der Waals surface area contributed by atoms with Gasteiger partial charge in [-0.1, -0.05) is 0 Å². The Balaban J connectivity index is 3.05. The van der Waals surface area contributed by atoms with Gasteiger partial charge in [0.2, 0.25) is 0 Å². The number of nitrogens with one attached hydrogen (secondary N) is 1. The molecule has 0 amide bonds. The fourth-order valence-electron chi connectivity index (χ4n) is 0.857. The second kappa shape index (κ2) is 2.54. The van der Waals surface area contributed by atoms with Gasteiger partial charge in [0.1, 0.15) is 6.07 Å². The summed E-state index contributed by atoms with van der Waals surface area (Å²) in [5.74, 6) is 0. The third-order valence-electron chi connectivity index (χ3n) is 1.35. The summed E-state index contributed by atoms with van der Waals surface area (Å²) in [5.41, 5.74) is 6.99. The van der Waals surface area contributed by atoms with Crippen molar-refractivity contribution in [1.29, 1.82) is 5.26 Å². The molecule has 1 aromatic heterocycles. The summed E-state index contributed by atoms with van der Waals surface area (Å²) in [6.07, 6.45) is 1.72. The lowest BCUT2D eigenvalue weighted by molar-refractivity contribution is 0.786. The van der Waals surface area contributed by atoms with E-state index in [-0.39, 0.29) is 6.04 Å². The van der Waals surface area contributed by atoms with Crippen LogP contribution in [0.5, 0.6) is 0 Å². The highest BCUT2D eigenvalue weighted by atomic mass is 14.8. The molecule has 3 heteroatoms. The Morgan fingerprint density at radius 3 is 2.90 bits per heavy atom. The Morgan fingerprint density at radius 1 is 1.80 bits per heavy atom. The summed E-state index contributed by atoms with van der Waals surface area (Å²) in [7, 11) is 0. The largest absolute Gasteiger partial charge is 0.363 e. The number of nitrogens with two attached hydrogens (primary N) is 1. The molecule has 0 aliphatic carbocycles. The number of aromatic amines is 1. The predicted molar refractivity (Wildman–Crippen MR) is 38.1 cm³/mol. The number of nitriles is 1. The molecule has 3 nitrogen and oxygen atoms in total. The van der Waals surface area contributed by atoms with E-state index in [0.717, 1.165) is 5.69 Å². The minimum atomic E-state index is -0.0929. The molecule has 1 heterocycles. The van der Waals surface area contributed by atoms with Gasteiger partial charge in [0.05, 0.1) is 5.56 Å². The first-order chi connectivity index (χ1) is 4.75. The van der Waals surface area contributed by atoms with E-state index in [2.05, 4.69) is 4.98 Å². The van der Waals surface area contributed by atoms with Crippen LogP contribution in [0.2, 0.25) is 0 Å². The Bertz CT molecular complexity index is 254. The van der Waals surface area contributed by atoms with Crippen LogP contribution in [0.3, 0.4) is 0 Å². The second-order valence-electron chi connectivity index (χ2n) is 2.21. The minimum Gasteiger partial charge on any atom is -0.363 e. The van der Waals surface area contributed by atoms with Gasteiger partial charge in [-0.25, -0.2) is 0 Å². The Kier molecular flexibility index (Phi) is 1.74. The highest BCUT2D eigenvalue weighted by Crippen LogP contribution is 2.11. The lowest BCUT2D eigenvalue weighted by Gasteiger charge is -2.00. The highest BCUT2D eigenvalue weighted by Gasteiger charge is 2.05. The Morgan fingerprint density at radius 2 is 2.50 bits per heavy atom. The first-order valence-corrected chi connectivity index (χ1v) is 3.08. The maximum Gasteiger partial charge on any atom is 0.101 e. The van der Waals surface area contributed by atoms with Crippen molar-refractivity contribution in [2.45, 2.75) is 13.0 Å². The minimum absolute atomic E-state index is 0.0929. The summed E-state index contributed by atoms with van der Waals surface area (Å²) in [5, 5.41) is 8.53. The van der Waals surface area contributed by atoms with Crippen LogP contribution in [-0.2, 0) is 0 Å². The quantitative estimate of drug-likeness (QED) is 0.601. The fourth-order valence-corrected chi connectivity index (χ4v) is 0.857. The molecular weight excluding hydrogens is 126 g/mol. The Hall–Kier alpha value is -1.27. The first kappa shape index (κ1) is 6.84. The standard InChI is InChI=1S/C7H9N3/c1-5(9)7-6(4-8)2-3-10-7/h2-3,5,10H,9H2,1H3/t5-/m0/s1. The number of hydrogen-bond donors (Lipinski definition) is 2. The van der Waals surface area contributed by atoms with Crippen LogP contribution in [0.25, 0.3) is 0 Å². The van der Waals surface area contributed by atoms with E-state index in [1.807, 2.05) is 13.0 Å². The van der Waals surface area contributed by atoms with Crippen LogP contribution >= 0.6 is 0 Å². The number of aromatic nitrogens is 1. The first-order valence-electron chi connectivity index (χ1n) is 3.08. The molecule has 0 aliphatic heterocycles. The van der Waals surface area contributed by atoms with Gasteiger partial charge in [0, 0.05) is 17.9 Å². The SMILES string of the molecule is C[C@H](N)c1[nH]ccc1C#N. The number of nitrogens with zero attached hydrogens (tertiary/aromatic N) is 1. The Labute approximate surface area is 59.5 Å².